The van der Waals surface area contributed by atoms with Gasteiger partial charge >= 0.3 is 5.69 Å². The van der Waals surface area contributed by atoms with Crippen molar-refractivity contribution < 1.29 is 4.74 Å². The lowest BCUT2D eigenvalue weighted by Crippen LogP contribution is -2.08. The normalized spacial score (nSPS) is 19.9. The van der Waals surface area contributed by atoms with Gasteiger partial charge in [0.15, 0.2) is 4.98 Å². The number of hydrogen-bond donors (Lipinski definition) is 1. The zero-order valence-electron chi connectivity index (χ0n) is 8.73. The minimum Gasteiger partial charge on any atom is -0.496 e. The van der Waals surface area contributed by atoms with E-state index in [9.17, 15) is 0 Å². The van der Waals surface area contributed by atoms with E-state index in [1.165, 1.54) is 0 Å². The van der Waals surface area contributed by atoms with Crippen LogP contribution in [0.25, 0.3) is 4.98 Å². The molecule has 1 aromatic carbocycles. The number of diazo groups is 1. The molecule has 1 aliphatic rings. The number of ether oxygens (including phenoxy) is 1. The van der Waals surface area contributed by atoms with Crippen molar-refractivity contribution in [3.8, 4) is 5.75 Å². The lowest BCUT2D eigenvalue weighted by Gasteiger charge is -2.10. The van der Waals surface area contributed by atoms with Crippen molar-refractivity contribution in [3.63, 3.8) is 0 Å². The second-order valence-electron chi connectivity index (χ2n) is 3.68. The van der Waals surface area contributed by atoms with Gasteiger partial charge < -0.3 is 10.1 Å². The van der Waals surface area contributed by atoms with Gasteiger partial charge in [-0.15, -0.1) is 0 Å². The van der Waals surface area contributed by atoms with E-state index < -0.39 is 0 Å². The van der Waals surface area contributed by atoms with Crippen molar-refractivity contribution in [2.24, 2.45) is 0 Å². The minimum atomic E-state index is 0.382. The molecule has 1 heterocycles. The largest absolute Gasteiger partial charge is 0.496 e. The fourth-order valence-corrected chi connectivity index (χ4v) is 2.11. The molecule has 1 saturated heterocycles. The third-order valence-corrected chi connectivity index (χ3v) is 2.84. The van der Waals surface area contributed by atoms with E-state index in [4.69, 9.17) is 10.1 Å². The van der Waals surface area contributed by atoms with E-state index in [1.54, 1.807) is 13.2 Å². The molecule has 1 N–H and O–H groups in total. The summed E-state index contributed by atoms with van der Waals surface area (Å²) in [5, 5.41) is 12.2. The molecule has 0 spiro atoms. The molecule has 1 aliphatic heterocycles. The molecule has 0 saturated carbocycles. The van der Waals surface area contributed by atoms with Crippen LogP contribution in [0.2, 0.25) is 0 Å². The quantitative estimate of drug-likeness (QED) is 0.752. The molecule has 0 aromatic heterocycles. The summed E-state index contributed by atoms with van der Waals surface area (Å²) in [5.74, 6) is 1.19. The standard InChI is InChI=1S/C11H14N3O/c1-15-10-4-2-3-9(14-12)11(10)8-5-6-13-7-8/h2-4,8,13H,5-7H2,1H3/q+1. The summed E-state index contributed by atoms with van der Waals surface area (Å²) in [6, 6.07) is 5.54. The van der Waals surface area contributed by atoms with Crippen molar-refractivity contribution >= 4 is 5.69 Å². The smallest absolute Gasteiger partial charge is 0.392 e. The zero-order chi connectivity index (χ0) is 10.7. The maximum absolute atomic E-state index is 8.95. The van der Waals surface area contributed by atoms with Crippen LogP contribution in [0.3, 0.4) is 0 Å². The van der Waals surface area contributed by atoms with Crippen molar-refractivity contribution in [1.29, 1.82) is 5.39 Å². The van der Waals surface area contributed by atoms with Crippen molar-refractivity contribution in [3.05, 3.63) is 28.7 Å². The molecule has 0 bridgehead atoms. The highest BCUT2D eigenvalue weighted by atomic mass is 16.5. The second kappa shape index (κ2) is 4.28. The van der Waals surface area contributed by atoms with E-state index in [0.717, 1.165) is 30.8 Å². The molecule has 1 unspecified atom stereocenters. The Balaban J connectivity index is 2.45. The van der Waals surface area contributed by atoms with Crippen molar-refractivity contribution in [2.75, 3.05) is 20.2 Å². The van der Waals surface area contributed by atoms with Gasteiger partial charge in [-0.3, -0.25) is 0 Å². The predicted octanol–water partition coefficient (Wildman–Crippen LogP) is 2.26. The summed E-state index contributed by atoms with van der Waals surface area (Å²) in [6.45, 7) is 1.93. The third kappa shape index (κ3) is 1.79. The molecule has 4 heteroatoms. The molecular weight excluding hydrogens is 190 g/mol. The van der Waals surface area contributed by atoms with E-state index in [2.05, 4.69) is 10.3 Å². The van der Waals surface area contributed by atoms with E-state index in [-0.39, 0.29) is 0 Å². The molecule has 15 heavy (non-hydrogen) atoms. The van der Waals surface area contributed by atoms with Crippen LogP contribution in [0.4, 0.5) is 5.69 Å². The zero-order valence-corrected chi connectivity index (χ0v) is 8.73. The highest BCUT2D eigenvalue weighted by Gasteiger charge is 2.28. The Labute approximate surface area is 88.9 Å². The van der Waals surface area contributed by atoms with Gasteiger partial charge in [-0.05, 0) is 19.0 Å². The van der Waals surface area contributed by atoms with Crippen molar-refractivity contribution in [1.82, 2.24) is 5.32 Å². The van der Waals surface area contributed by atoms with Gasteiger partial charge in [0.05, 0.1) is 12.7 Å². The first-order valence-electron chi connectivity index (χ1n) is 5.09. The summed E-state index contributed by atoms with van der Waals surface area (Å²) in [5.41, 5.74) is 1.62. The molecule has 1 atom stereocenters. The molecule has 1 aromatic rings. The number of nitrogens with zero attached hydrogens (tertiary/aromatic N) is 2. The number of benzene rings is 1. The summed E-state index contributed by atoms with van der Waals surface area (Å²) in [7, 11) is 1.64. The lowest BCUT2D eigenvalue weighted by atomic mass is 9.95. The maximum Gasteiger partial charge on any atom is 0.392 e. The fraction of sp³-hybridized carbons (Fsp3) is 0.455. The third-order valence-electron chi connectivity index (χ3n) is 2.84. The lowest BCUT2D eigenvalue weighted by molar-refractivity contribution is 0.407. The SMILES string of the molecule is COc1cccc([N+]#N)c1C1CCNC1. The van der Waals surface area contributed by atoms with Gasteiger partial charge in [-0.25, -0.2) is 0 Å². The van der Waals surface area contributed by atoms with Gasteiger partial charge in [-0.1, -0.05) is 6.07 Å². The molecule has 2 rings (SSSR count). The van der Waals surface area contributed by atoms with Crippen LogP contribution in [-0.4, -0.2) is 20.2 Å². The van der Waals surface area contributed by atoms with Crippen LogP contribution in [0.1, 0.15) is 17.9 Å². The summed E-state index contributed by atoms with van der Waals surface area (Å²) < 4.78 is 5.30. The van der Waals surface area contributed by atoms with Gasteiger partial charge in [0.25, 0.3) is 0 Å². The Kier molecular flexibility index (Phi) is 2.84. The number of methoxy groups -OCH3 is 1. The van der Waals surface area contributed by atoms with Crippen LogP contribution in [0, 0.1) is 5.39 Å². The highest BCUT2D eigenvalue weighted by molar-refractivity contribution is 5.60. The van der Waals surface area contributed by atoms with Crippen LogP contribution in [0.5, 0.6) is 5.75 Å². The Hall–Kier alpha value is -1.60. The van der Waals surface area contributed by atoms with E-state index in [1.807, 2.05) is 12.1 Å². The maximum atomic E-state index is 8.95. The molecule has 0 radical (unpaired) electrons. The second-order valence-corrected chi connectivity index (χ2v) is 3.68. The first-order valence-corrected chi connectivity index (χ1v) is 5.09. The summed E-state index contributed by atoms with van der Waals surface area (Å²) in [4.78, 5) is 3.32. The summed E-state index contributed by atoms with van der Waals surface area (Å²) in [6.07, 6.45) is 1.06. The fourth-order valence-electron chi connectivity index (χ4n) is 2.11. The Morgan fingerprint density at radius 2 is 2.40 bits per heavy atom. The predicted molar refractivity (Wildman–Crippen MR) is 58.0 cm³/mol. The highest BCUT2D eigenvalue weighted by Crippen LogP contribution is 2.37. The minimum absolute atomic E-state index is 0.382. The molecule has 4 nitrogen and oxygen atoms in total. The van der Waals surface area contributed by atoms with Crippen LogP contribution < -0.4 is 10.1 Å². The summed E-state index contributed by atoms with van der Waals surface area (Å²) >= 11 is 0. The molecule has 78 valence electrons. The van der Waals surface area contributed by atoms with Gasteiger partial charge in [0.1, 0.15) is 5.75 Å². The van der Waals surface area contributed by atoms with Crippen LogP contribution in [-0.2, 0) is 0 Å². The first kappa shape index (κ1) is 9.94. The number of nitrogens with one attached hydrogen (secondary N) is 1. The Morgan fingerprint density at radius 1 is 1.53 bits per heavy atom. The molecular formula is C11H14N3O+. The Morgan fingerprint density at radius 3 is 3.00 bits per heavy atom. The Bertz CT molecular complexity index is 391. The number of rotatable bonds is 2. The van der Waals surface area contributed by atoms with Gasteiger partial charge in [0.2, 0.25) is 5.39 Å². The van der Waals surface area contributed by atoms with Crippen LogP contribution in [0.15, 0.2) is 18.2 Å². The topological polar surface area (TPSA) is 49.4 Å². The van der Waals surface area contributed by atoms with Gasteiger partial charge in [0, 0.05) is 18.5 Å². The average molecular weight is 204 g/mol. The molecule has 0 amide bonds. The van der Waals surface area contributed by atoms with E-state index in [0.29, 0.717) is 11.6 Å². The van der Waals surface area contributed by atoms with Gasteiger partial charge in [-0.2, -0.15) is 0 Å². The van der Waals surface area contributed by atoms with Crippen LogP contribution >= 0.6 is 0 Å². The monoisotopic (exact) mass is 204 g/mol. The number of hydrogen-bond acceptors (Lipinski definition) is 3. The van der Waals surface area contributed by atoms with Crippen molar-refractivity contribution in [2.45, 2.75) is 12.3 Å². The average Bonchev–Trinajstić information content (AvgIpc) is 2.81. The van der Waals surface area contributed by atoms with E-state index >= 15 is 0 Å². The first-order chi connectivity index (χ1) is 7.36. The molecule has 0 aliphatic carbocycles. The molecule has 1 fully saturated rings.